The molecule has 0 aliphatic rings. The normalized spacial score (nSPS) is 11.4. The maximum atomic E-state index is 5.86. The minimum atomic E-state index is 0.350. The van der Waals surface area contributed by atoms with E-state index in [1.807, 2.05) is 0 Å². The highest BCUT2D eigenvalue weighted by atomic mass is 15.2. The van der Waals surface area contributed by atoms with E-state index in [2.05, 4.69) is 48.5 Å². The van der Waals surface area contributed by atoms with Gasteiger partial charge in [0, 0.05) is 6.04 Å². The fourth-order valence-corrected chi connectivity index (χ4v) is 1.77. The van der Waals surface area contributed by atoms with E-state index in [0.717, 1.165) is 11.0 Å². The molecule has 74 valence electrons. The minimum absolute atomic E-state index is 0.350. The van der Waals surface area contributed by atoms with Gasteiger partial charge >= 0.3 is 0 Å². The summed E-state index contributed by atoms with van der Waals surface area (Å²) in [6, 6.07) is 6.57. The van der Waals surface area contributed by atoms with Crippen LogP contribution < -0.4 is 5.73 Å². The van der Waals surface area contributed by atoms with Gasteiger partial charge in [-0.15, -0.1) is 0 Å². The molecule has 2 rings (SSSR count). The number of hydrogen-bond donors (Lipinski definition) is 1. The standard InChI is InChI=1S/C11H15N3/c1-7(2)14-10-5-4-8(3)6-9(10)13-11(14)12/h4-7H,1-3H3,(H2,12,13). The Balaban J connectivity index is 2.77. The number of aryl methyl sites for hydroxylation is 1. The van der Waals surface area contributed by atoms with E-state index >= 15 is 0 Å². The van der Waals surface area contributed by atoms with E-state index < -0.39 is 0 Å². The fourth-order valence-electron chi connectivity index (χ4n) is 1.77. The molecule has 0 atom stereocenters. The molecule has 0 amide bonds. The SMILES string of the molecule is Cc1ccc2c(c1)nc(N)n2C(C)C. The molecule has 0 unspecified atom stereocenters. The second-order valence-corrected chi connectivity index (χ2v) is 3.93. The topological polar surface area (TPSA) is 43.8 Å². The van der Waals surface area contributed by atoms with Gasteiger partial charge in [-0.1, -0.05) is 6.07 Å². The Kier molecular flexibility index (Phi) is 1.95. The van der Waals surface area contributed by atoms with Crippen LogP contribution in [0.5, 0.6) is 0 Å². The van der Waals surface area contributed by atoms with Gasteiger partial charge < -0.3 is 10.3 Å². The van der Waals surface area contributed by atoms with Gasteiger partial charge in [-0.2, -0.15) is 0 Å². The van der Waals surface area contributed by atoms with Gasteiger partial charge in [0.25, 0.3) is 0 Å². The summed E-state index contributed by atoms with van der Waals surface area (Å²) in [4.78, 5) is 4.34. The van der Waals surface area contributed by atoms with Crippen molar-refractivity contribution in [3.05, 3.63) is 23.8 Å². The number of nitrogens with two attached hydrogens (primary N) is 1. The molecule has 0 bridgehead atoms. The van der Waals surface area contributed by atoms with Crippen molar-refractivity contribution in [2.75, 3.05) is 5.73 Å². The van der Waals surface area contributed by atoms with E-state index in [4.69, 9.17) is 5.73 Å². The molecule has 2 aromatic rings. The zero-order chi connectivity index (χ0) is 10.3. The third kappa shape index (κ3) is 1.25. The maximum absolute atomic E-state index is 5.86. The molecule has 1 aromatic heterocycles. The number of nitrogens with zero attached hydrogens (tertiary/aromatic N) is 2. The summed E-state index contributed by atoms with van der Waals surface area (Å²) < 4.78 is 2.05. The first-order valence-corrected chi connectivity index (χ1v) is 4.83. The molecule has 1 aromatic carbocycles. The predicted octanol–water partition coefficient (Wildman–Crippen LogP) is 2.51. The molecule has 3 nitrogen and oxygen atoms in total. The molecule has 0 aliphatic carbocycles. The lowest BCUT2D eigenvalue weighted by molar-refractivity contribution is 0.627. The first-order chi connectivity index (χ1) is 6.59. The van der Waals surface area contributed by atoms with Crippen molar-refractivity contribution in [1.82, 2.24) is 9.55 Å². The van der Waals surface area contributed by atoms with Crippen LogP contribution in [0.15, 0.2) is 18.2 Å². The van der Waals surface area contributed by atoms with Gasteiger partial charge in [-0.3, -0.25) is 0 Å². The zero-order valence-corrected chi connectivity index (χ0v) is 8.78. The van der Waals surface area contributed by atoms with Crippen LogP contribution in [-0.4, -0.2) is 9.55 Å². The number of rotatable bonds is 1. The number of aromatic nitrogens is 2. The third-order valence-corrected chi connectivity index (χ3v) is 2.39. The molecule has 0 spiro atoms. The smallest absolute Gasteiger partial charge is 0.201 e. The first kappa shape index (κ1) is 9.06. The van der Waals surface area contributed by atoms with Crippen molar-refractivity contribution >= 4 is 17.0 Å². The zero-order valence-electron chi connectivity index (χ0n) is 8.78. The van der Waals surface area contributed by atoms with Gasteiger partial charge in [0.05, 0.1) is 11.0 Å². The number of fused-ring (bicyclic) bond motifs is 1. The second kappa shape index (κ2) is 3.01. The summed E-state index contributed by atoms with van der Waals surface area (Å²) in [5, 5.41) is 0. The molecule has 0 radical (unpaired) electrons. The minimum Gasteiger partial charge on any atom is -0.369 e. The molecule has 3 heteroatoms. The Hall–Kier alpha value is -1.51. The summed E-state index contributed by atoms with van der Waals surface area (Å²) in [6.45, 7) is 6.28. The molecular formula is C11H15N3. The number of benzene rings is 1. The number of anilines is 1. The summed E-state index contributed by atoms with van der Waals surface area (Å²) in [5.74, 6) is 0.598. The Labute approximate surface area is 83.6 Å². The highest BCUT2D eigenvalue weighted by molar-refractivity contribution is 5.79. The quantitative estimate of drug-likeness (QED) is 0.749. The van der Waals surface area contributed by atoms with E-state index in [-0.39, 0.29) is 0 Å². The van der Waals surface area contributed by atoms with Crippen molar-refractivity contribution in [1.29, 1.82) is 0 Å². The highest BCUT2D eigenvalue weighted by Crippen LogP contribution is 2.22. The first-order valence-electron chi connectivity index (χ1n) is 4.83. The molecule has 0 fully saturated rings. The van der Waals surface area contributed by atoms with E-state index in [0.29, 0.717) is 12.0 Å². The Morgan fingerprint density at radius 1 is 1.36 bits per heavy atom. The Bertz CT molecular complexity index is 469. The summed E-state index contributed by atoms with van der Waals surface area (Å²) >= 11 is 0. The van der Waals surface area contributed by atoms with Crippen molar-refractivity contribution in [3.63, 3.8) is 0 Å². The van der Waals surface area contributed by atoms with Crippen LogP contribution in [0.3, 0.4) is 0 Å². The monoisotopic (exact) mass is 189 g/mol. The van der Waals surface area contributed by atoms with E-state index in [1.54, 1.807) is 0 Å². The molecule has 0 aliphatic heterocycles. The van der Waals surface area contributed by atoms with Crippen molar-refractivity contribution in [3.8, 4) is 0 Å². The van der Waals surface area contributed by atoms with Crippen molar-refractivity contribution in [2.45, 2.75) is 26.8 Å². The lowest BCUT2D eigenvalue weighted by atomic mass is 10.2. The van der Waals surface area contributed by atoms with Crippen LogP contribution >= 0.6 is 0 Å². The molecular weight excluding hydrogens is 174 g/mol. The van der Waals surface area contributed by atoms with Crippen molar-refractivity contribution < 1.29 is 0 Å². The van der Waals surface area contributed by atoms with Gasteiger partial charge in [0.15, 0.2) is 0 Å². The average Bonchev–Trinajstić information content (AvgIpc) is 2.39. The van der Waals surface area contributed by atoms with Gasteiger partial charge in [0.2, 0.25) is 5.95 Å². The number of nitrogen functional groups attached to an aromatic ring is 1. The van der Waals surface area contributed by atoms with Gasteiger partial charge in [-0.25, -0.2) is 4.98 Å². The average molecular weight is 189 g/mol. The number of imidazole rings is 1. The van der Waals surface area contributed by atoms with Crippen LogP contribution in [0.1, 0.15) is 25.5 Å². The van der Waals surface area contributed by atoms with Crippen LogP contribution in [0.25, 0.3) is 11.0 Å². The summed E-state index contributed by atoms with van der Waals surface area (Å²) in [7, 11) is 0. The summed E-state index contributed by atoms with van der Waals surface area (Å²) in [6.07, 6.45) is 0. The van der Waals surface area contributed by atoms with Crippen LogP contribution in [0, 0.1) is 6.92 Å². The van der Waals surface area contributed by atoms with Gasteiger partial charge in [0.1, 0.15) is 0 Å². The van der Waals surface area contributed by atoms with Gasteiger partial charge in [-0.05, 0) is 38.5 Å². The fraction of sp³-hybridized carbons (Fsp3) is 0.364. The number of hydrogen-bond acceptors (Lipinski definition) is 2. The Morgan fingerprint density at radius 2 is 2.07 bits per heavy atom. The maximum Gasteiger partial charge on any atom is 0.201 e. The van der Waals surface area contributed by atoms with Crippen LogP contribution in [-0.2, 0) is 0 Å². The molecule has 0 saturated carbocycles. The van der Waals surface area contributed by atoms with Crippen LogP contribution in [0.4, 0.5) is 5.95 Å². The molecule has 2 N–H and O–H groups in total. The van der Waals surface area contributed by atoms with Crippen molar-refractivity contribution in [2.24, 2.45) is 0 Å². The lowest BCUT2D eigenvalue weighted by Gasteiger charge is -2.09. The third-order valence-electron chi connectivity index (χ3n) is 2.39. The molecule has 0 saturated heterocycles. The molecule has 14 heavy (non-hydrogen) atoms. The second-order valence-electron chi connectivity index (χ2n) is 3.93. The highest BCUT2D eigenvalue weighted by Gasteiger charge is 2.09. The summed E-state index contributed by atoms with van der Waals surface area (Å²) in [5.41, 5.74) is 9.17. The largest absolute Gasteiger partial charge is 0.369 e. The van der Waals surface area contributed by atoms with Crippen LogP contribution in [0.2, 0.25) is 0 Å². The van der Waals surface area contributed by atoms with E-state index in [9.17, 15) is 0 Å². The molecule has 1 heterocycles. The predicted molar refractivity (Wildman–Crippen MR) is 59.3 cm³/mol. The van der Waals surface area contributed by atoms with E-state index in [1.165, 1.54) is 5.56 Å². The Morgan fingerprint density at radius 3 is 2.71 bits per heavy atom. The lowest BCUT2D eigenvalue weighted by Crippen LogP contribution is -2.05.